The smallest absolute Gasteiger partial charge is 0.165 e. The molecule has 0 unspecified atom stereocenters. The maximum Gasteiger partial charge on any atom is 0.165 e. The Morgan fingerprint density at radius 1 is 0.453 bits per heavy atom. The second kappa shape index (κ2) is 11.6. The molecule has 0 aliphatic carbocycles. The third kappa shape index (κ3) is 4.61. The number of nitrogens with zero attached hydrogens (tertiary/aromatic N) is 4. The molecule has 0 bridgehead atoms. The Labute approximate surface area is 308 Å². The number of furan rings is 1. The molecule has 0 saturated heterocycles. The lowest BCUT2D eigenvalue weighted by atomic mass is 10.0. The summed E-state index contributed by atoms with van der Waals surface area (Å²) in [5.74, 6) is 1.59. The molecule has 0 fully saturated rings. The highest BCUT2D eigenvalue weighted by atomic mass is 35.5. The van der Waals surface area contributed by atoms with E-state index in [0.29, 0.717) is 33.6 Å². The molecule has 0 aliphatic rings. The molecule has 0 atom stereocenters. The number of hydrogen-bond acceptors (Lipinski definition) is 4. The van der Waals surface area contributed by atoms with Crippen LogP contribution in [0.5, 0.6) is 0 Å². The quantitative estimate of drug-likeness (QED) is 0.184. The molecule has 0 spiro atoms. The van der Waals surface area contributed by atoms with E-state index < -0.39 is 0 Å². The van der Waals surface area contributed by atoms with E-state index in [1.807, 2.05) is 42.5 Å². The van der Waals surface area contributed by atoms with Gasteiger partial charge >= 0.3 is 0 Å². The van der Waals surface area contributed by atoms with Gasteiger partial charge in [0.2, 0.25) is 0 Å². The molecule has 11 rings (SSSR count). The largest absolute Gasteiger partial charge is 0.454 e. The van der Waals surface area contributed by atoms with Gasteiger partial charge in [-0.25, -0.2) is 15.0 Å². The molecule has 0 radical (unpaired) electrons. The van der Waals surface area contributed by atoms with Gasteiger partial charge in [0, 0.05) is 43.9 Å². The van der Waals surface area contributed by atoms with E-state index in [4.69, 9.17) is 31.0 Å². The van der Waals surface area contributed by atoms with Crippen LogP contribution in [0.4, 0.5) is 0 Å². The predicted molar refractivity (Wildman–Crippen MR) is 218 cm³/mol. The topological polar surface area (TPSA) is 56.7 Å². The minimum atomic E-state index is 0.462. The first-order valence-corrected chi connectivity index (χ1v) is 17.9. The fraction of sp³-hybridized carbons (Fsp3) is 0. The van der Waals surface area contributed by atoms with Crippen molar-refractivity contribution in [3.63, 3.8) is 0 Å². The summed E-state index contributed by atoms with van der Waals surface area (Å²) >= 11 is 7.30. The molecule has 0 saturated carbocycles. The van der Waals surface area contributed by atoms with E-state index in [0.717, 1.165) is 71.1 Å². The average Bonchev–Trinajstić information content (AvgIpc) is 3.77. The minimum absolute atomic E-state index is 0.462. The summed E-state index contributed by atoms with van der Waals surface area (Å²) in [6, 6.07) is 56.4. The summed E-state index contributed by atoms with van der Waals surface area (Å²) in [4.78, 5) is 15.5. The molecule has 53 heavy (non-hydrogen) atoms. The van der Waals surface area contributed by atoms with Gasteiger partial charge in [-0.2, -0.15) is 0 Å². The van der Waals surface area contributed by atoms with Crippen molar-refractivity contribution in [1.82, 2.24) is 19.5 Å². The predicted octanol–water partition coefficient (Wildman–Crippen LogP) is 12.8. The fourth-order valence-corrected chi connectivity index (χ4v) is 8.17. The van der Waals surface area contributed by atoms with Crippen LogP contribution in [0.15, 0.2) is 168 Å². The van der Waals surface area contributed by atoms with Crippen molar-refractivity contribution >= 4 is 76.9 Å². The number of fused-ring (bicyclic) bond motifs is 9. The molecule has 0 aliphatic heterocycles. The number of rotatable bonds is 4. The van der Waals surface area contributed by atoms with Gasteiger partial charge in [-0.15, -0.1) is 0 Å². The van der Waals surface area contributed by atoms with E-state index in [1.54, 1.807) is 0 Å². The van der Waals surface area contributed by atoms with Crippen molar-refractivity contribution in [3.05, 3.63) is 169 Å². The first-order valence-electron chi connectivity index (χ1n) is 17.6. The van der Waals surface area contributed by atoms with Crippen LogP contribution in [0.2, 0.25) is 5.02 Å². The average molecular weight is 699 g/mol. The Kier molecular flexibility index (Phi) is 6.54. The summed E-state index contributed by atoms with van der Waals surface area (Å²) in [5.41, 5.74) is 7.14. The Morgan fingerprint density at radius 3 is 1.94 bits per heavy atom. The van der Waals surface area contributed by atoms with Crippen molar-refractivity contribution in [3.8, 4) is 39.9 Å². The zero-order valence-electron chi connectivity index (χ0n) is 28.2. The van der Waals surface area contributed by atoms with Crippen molar-refractivity contribution in [2.45, 2.75) is 0 Å². The minimum Gasteiger partial charge on any atom is -0.454 e. The van der Waals surface area contributed by atoms with Gasteiger partial charge < -0.3 is 8.98 Å². The van der Waals surface area contributed by atoms with Crippen molar-refractivity contribution in [1.29, 1.82) is 0 Å². The van der Waals surface area contributed by atoms with Gasteiger partial charge in [0.15, 0.2) is 23.1 Å². The van der Waals surface area contributed by atoms with Gasteiger partial charge in [0.05, 0.1) is 16.1 Å². The van der Waals surface area contributed by atoms with E-state index in [-0.39, 0.29) is 0 Å². The van der Waals surface area contributed by atoms with Crippen molar-refractivity contribution in [2.24, 2.45) is 0 Å². The maximum absolute atomic E-state index is 7.30. The molecule has 6 heteroatoms. The highest BCUT2D eigenvalue weighted by Gasteiger charge is 2.21. The molecule has 3 aromatic heterocycles. The lowest BCUT2D eigenvalue weighted by Gasteiger charge is -2.12. The number of halogens is 1. The highest BCUT2D eigenvalue weighted by Crippen LogP contribution is 2.42. The number of benzene rings is 8. The normalized spacial score (nSPS) is 11.9. The highest BCUT2D eigenvalue weighted by molar-refractivity contribution is 6.39. The molecular formula is C47H27ClN4O. The molecule has 11 aromatic rings. The number of hydrogen-bond donors (Lipinski definition) is 0. The molecule has 248 valence electrons. The van der Waals surface area contributed by atoms with Gasteiger partial charge in [0.25, 0.3) is 0 Å². The monoisotopic (exact) mass is 698 g/mol. The van der Waals surface area contributed by atoms with E-state index in [1.165, 1.54) is 5.39 Å². The summed E-state index contributed by atoms with van der Waals surface area (Å²) in [7, 11) is 0. The SMILES string of the molecule is Clc1c(-c2nc(-c3ccc4c5ccccc5n(-c5ccccc5)c4c3)nc(-c3cccc4ccccc34)n2)ccc2c1oc1ccc3ccccc3c12. The lowest BCUT2D eigenvalue weighted by Crippen LogP contribution is -2.01. The Bertz CT molecular complexity index is 3250. The van der Waals surface area contributed by atoms with Crippen LogP contribution < -0.4 is 0 Å². The van der Waals surface area contributed by atoms with Gasteiger partial charge in [-0.1, -0.05) is 133 Å². The van der Waals surface area contributed by atoms with Crippen LogP contribution in [0.25, 0.3) is 105 Å². The Balaban J connectivity index is 1.17. The van der Waals surface area contributed by atoms with Gasteiger partial charge in [-0.05, 0) is 64.0 Å². The maximum atomic E-state index is 7.30. The summed E-state index contributed by atoms with van der Waals surface area (Å²) in [5, 5.41) is 9.23. The van der Waals surface area contributed by atoms with Crippen LogP contribution in [0.1, 0.15) is 0 Å². The van der Waals surface area contributed by atoms with Gasteiger partial charge in [0.1, 0.15) is 5.58 Å². The molecule has 8 aromatic carbocycles. The Hall–Kier alpha value is -6.82. The van der Waals surface area contributed by atoms with Crippen molar-refractivity contribution < 1.29 is 4.42 Å². The van der Waals surface area contributed by atoms with Crippen LogP contribution in [-0.4, -0.2) is 19.5 Å². The fourth-order valence-electron chi connectivity index (χ4n) is 7.88. The Morgan fingerprint density at radius 2 is 1.09 bits per heavy atom. The molecule has 3 heterocycles. The first kappa shape index (κ1) is 29.9. The van der Waals surface area contributed by atoms with Crippen LogP contribution in [-0.2, 0) is 0 Å². The van der Waals surface area contributed by atoms with E-state index in [2.05, 4.69) is 126 Å². The van der Waals surface area contributed by atoms with Crippen molar-refractivity contribution in [2.75, 3.05) is 0 Å². The molecular weight excluding hydrogens is 672 g/mol. The second-order valence-electron chi connectivity index (χ2n) is 13.3. The van der Waals surface area contributed by atoms with Crippen LogP contribution in [0, 0.1) is 0 Å². The summed E-state index contributed by atoms with van der Waals surface area (Å²) in [6.45, 7) is 0. The van der Waals surface area contributed by atoms with Crippen LogP contribution in [0.3, 0.4) is 0 Å². The molecule has 0 amide bonds. The standard InChI is InChI=1S/C47H27ClN4O/c48-43-38(25-24-37-42-33-17-7-5-12-29(33)22-26-41(42)53-44(37)43)47-50-45(49-46(51-47)36-19-10-13-28-11-4-6-16-32(28)36)30-21-23-35-34-18-8-9-20-39(34)52(40(35)27-30)31-14-2-1-3-15-31/h1-27H. The van der Waals surface area contributed by atoms with E-state index in [9.17, 15) is 0 Å². The molecule has 0 N–H and O–H groups in total. The third-order valence-corrected chi connectivity index (χ3v) is 10.7. The second-order valence-corrected chi connectivity index (χ2v) is 13.7. The van der Waals surface area contributed by atoms with E-state index >= 15 is 0 Å². The number of para-hydroxylation sites is 2. The lowest BCUT2D eigenvalue weighted by molar-refractivity contribution is 0.669. The zero-order chi connectivity index (χ0) is 35.0. The zero-order valence-corrected chi connectivity index (χ0v) is 28.9. The van der Waals surface area contributed by atoms with Gasteiger partial charge in [-0.3, -0.25) is 0 Å². The first-order chi connectivity index (χ1) is 26.2. The van der Waals surface area contributed by atoms with Crippen LogP contribution >= 0.6 is 11.6 Å². The summed E-state index contributed by atoms with van der Waals surface area (Å²) < 4.78 is 8.77. The third-order valence-electron chi connectivity index (χ3n) is 10.3. The summed E-state index contributed by atoms with van der Waals surface area (Å²) in [6.07, 6.45) is 0. The number of aromatic nitrogens is 4. The molecule has 5 nitrogen and oxygen atoms in total.